The number of nitrogens with zero attached hydrogens (tertiary/aromatic N) is 1. The molecule has 90 valence electrons. The van der Waals surface area contributed by atoms with E-state index in [1.54, 1.807) is 14.2 Å². The van der Waals surface area contributed by atoms with Crippen molar-refractivity contribution in [3.8, 4) is 0 Å². The number of piperidine rings is 1. The molecule has 0 spiro atoms. The first-order valence-corrected chi connectivity index (χ1v) is 5.73. The zero-order chi connectivity index (χ0) is 11.1. The Balaban J connectivity index is 2.28. The van der Waals surface area contributed by atoms with Gasteiger partial charge in [-0.15, -0.1) is 0 Å². The number of methoxy groups -OCH3 is 2. The summed E-state index contributed by atoms with van der Waals surface area (Å²) in [7, 11) is 3.51. The molecule has 2 N–H and O–H groups in total. The zero-order valence-electron chi connectivity index (χ0n) is 9.95. The maximum atomic E-state index is 5.74. The SMILES string of the molecule is COCC1CCN(C(CN)COC)CC1. The minimum absolute atomic E-state index is 0.387. The van der Waals surface area contributed by atoms with Crippen LogP contribution in [0.1, 0.15) is 12.8 Å². The Hall–Kier alpha value is -0.160. The fourth-order valence-corrected chi connectivity index (χ4v) is 2.24. The second kappa shape index (κ2) is 7.17. The van der Waals surface area contributed by atoms with Crippen LogP contribution in [0.2, 0.25) is 0 Å². The van der Waals surface area contributed by atoms with Crippen molar-refractivity contribution >= 4 is 0 Å². The van der Waals surface area contributed by atoms with E-state index in [1.165, 1.54) is 12.8 Å². The highest BCUT2D eigenvalue weighted by molar-refractivity contribution is 4.78. The molecule has 1 fully saturated rings. The number of ether oxygens (including phenoxy) is 2. The second-order valence-electron chi connectivity index (χ2n) is 4.28. The third-order valence-corrected chi connectivity index (χ3v) is 3.20. The first-order valence-electron chi connectivity index (χ1n) is 5.73. The molecule has 0 saturated carbocycles. The molecular weight excluding hydrogens is 192 g/mol. The van der Waals surface area contributed by atoms with Crippen LogP contribution in [0.3, 0.4) is 0 Å². The van der Waals surface area contributed by atoms with Crippen LogP contribution < -0.4 is 5.73 Å². The highest BCUT2D eigenvalue weighted by Crippen LogP contribution is 2.18. The van der Waals surface area contributed by atoms with Crippen LogP contribution in [0.4, 0.5) is 0 Å². The molecule has 4 nitrogen and oxygen atoms in total. The van der Waals surface area contributed by atoms with Gasteiger partial charge in [-0.25, -0.2) is 0 Å². The van der Waals surface area contributed by atoms with E-state index in [-0.39, 0.29) is 0 Å². The van der Waals surface area contributed by atoms with Crippen LogP contribution >= 0.6 is 0 Å². The summed E-state index contributed by atoms with van der Waals surface area (Å²) in [5.74, 6) is 0.729. The number of likely N-dealkylation sites (tertiary alicyclic amines) is 1. The quantitative estimate of drug-likeness (QED) is 0.694. The van der Waals surface area contributed by atoms with E-state index in [4.69, 9.17) is 15.2 Å². The Labute approximate surface area is 92.7 Å². The second-order valence-corrected chi connectivity index (χ2v) is 4.28. The normalized spacial score (nSPS) is 21.8. The van der Waals surface area contributed by atoms with Gasteiger partial charge in [0, 0.05) is 33.4 Å². The summed E-state index contributed by atoms with van der Waals surface area (Å²) in [6.45, 7) is 4.57. The van der Waals surface area contributed by atoms with Gasteiger partial charge < -0.3 is 15.2 Å². The fraction of sp³-hybridized carbons (Fsp3) is 1.00. The molecule has 1 aliphatic heterocycles. The predicted molar refractivity (Wildman–Crippen MR) is 60.9 cm³/mol. The third kappa shape index (κ3) is 4.07. The van der Waals surface area contributed by atoms with Crippen molar-refractivity contribution in [1.29, 1.82) is 0 Å². The minimum atomic E-state index is 0.387. The van der Waals surface area contributed by atoms with Crippen LogP contribution in [-0.4, -0.2) is 58.0 Å². The van der Waals surface area contributed by atoms with Gasteiger partial charge in [0.15, 0.2) is 0 Å². The molecule has 1 heterocycles. The van der Waals surface area contributed by atoms with Crippen molar-refractivity contribution in [3.05, 3.63) is 0 Å². The standard InChI is InChI=1S/C11H24N2O2/c1-14-8-10-3-5-13(6-4-10)11(7-12)9-15-2/h10-11H,3-9,12H2,1-2H3. The average Bonchev–Trinajstić information content (AvgIpc) is 2.28. The summed E-state index contributed by atoms with van der Waals surface area (Å²) in [6, 6.07) is 0.387. The molecule has 15 heavy (non-hydrogen) atoms. The molecular formula is C11H24N2O2. The highest BCUT2D eigenvalue weighted by Gasteiger charge is 2.23. The average molecular weight is 216 g/mol. The number of nitrogens with two attached hydrogens (primary N) is 1. The number of hydrogen-bond donors (Lipinski definition) is 1. The Kier molecular flexibility index (Phi) is 6.17. The van der Waals surface area contributed by atoms with Crippen LogP contribution in [0.5, 0.6) is 0 Å². The summed E-state index contributed by atoms with van der Waals surface area (Å²) < 4.78 is 10.4. The highest BCUT2D eigenvalue weighted by atomic mass is 16.5. The molecule has 0 aromatic carbocycles. The lowest BCUT2D eigenvalue weighted by Crippen LogP contribution is -2.47. The molecule has 1 aliphatic rings. The molecule has 1 unspecified atom stereocenters. The van der Waals surface area contributed by atoms with Crippen molar-refractivity contribution in [3.63, 3.8) is 0 Å². The van der Waals surface area contributed by atoms with E-state index in [9.17, 15) is 0 Å². The van der Waals surface area contributed by atoms with E-state index in [2.05, 4.69) is 4.90 Å². The molecule has 4 heteroatoms. The van der Waals surface area contributed by atoms with E-state index < -0.39 is 0 Å². The molecule has 0 radical (unpaired) electrons. The van der Waals surface area contributed by atoms with Gasteiger partial charge in [-0.1, -0.05) is 0 Å². The van der Waals surface area contributed by atoms with Gasteiger partial charge in [-0.3, -0.25) is 4.90 Å². The minimum Gasteiger partial charge on any atom is -0.384 e. The molecule has 0 aromatic heterocycles. The summed E-state index contributed by atoms with van der Waals surface area (Å²) >= 11 is 0. The van der Waals surface area contributed by atoms with Gasteiger partial charge in [0.05, 0.1) is 6.61 Å². The molecule has 0 aliphatic carbocycles. The lowest BCUT2D eigenvalue weighted by Gasteiger charge is -2.36. The van der Waals surface area contributed by atoms with Crippen molar-refractivity contribution in [2.75, 3.05) is 47.1 Å². The summed E-state index contributed by atoms with van der Waals surface area (Å²) in [4.78, 5) is 2.44. The smallest absolute Gasteiger partial charge is 0.0630 e. The maximum absolute atomic E-state index is 5.74. The third-order valence-electron chi connectivity index (χ3n) is 3.20. The van der Waals surface area contributed by atoms with E-state index in [0.717, 1.165) is 32.2 Å². The molecule has 0 amide bonds. The Morgan fingerprint density at radius 3 is 2.40 bits per heavy atom. The van der Waals surface area contributed by atoms with Gasteiger partial charge in [-0.2, -0.15) is 0 Å². The van der Waals surface area contributed by atoms with Crippen molar-refractivity contribution in [1.82, 2.24) is 4.90 Å². The summed E-state index contributed by atoms with van der Waals surface area (Å²) in [6.07, 6.45) is 2.43. The Morgan fingerprint density at radius 2 is 1.93 bits per heavy atom. The van der Waals surface area contributed by atoms with Gasteiger partial charge in [0.1, 0.15) is 0 Å². The lowest BCUT2D eigenvalue weighted by molar-refractivity contribution is 0.0492. The Morgan fingerprint density at radius 1 is 1.27 bits per heavy atom. The van der Waals surface area contributed by atoms with Crippen LogP contribution in [0, 0.1) is 5.92 Å². The van der Waals surface area contributed by atoms with Gasteiger partial charge in [0.25, 0.3) is 0 Å². The zero-order valence-corrected chi connectivity index (χ0v) is 9.95. The van der Waals surface area contributed by atoms with E-state index >= 15 is 0 Å². The van der Waals surface area contributed by atoms with Gasteiger partial charge in [0.2, 0.25) is 0 Å². The number of hydrogen-bond acceptors (Lipinski definition) is 4. The first-order chi connectivity index (χ1) is 7.31. The lowest BCUT2D eigenvalue weighted by atomic mass is 9.96. The Bertz CT molecular complexity index is 159. The largest absolute Gasteiger partial charge is 0.384 e. The monoisotopic (exact) mass is 216 g/mol. The molecule has 1 saturated heterocycles. The molecule has 0 aromatic rings. The fourth-order valence-electron chi connectivity index (χ4n) is 2.24. The maximum Gasteiger partial charge on any atom is 0.0630 e. The van der Waals surface area contributed by atoms with E-state index in [1.807, 2.05) is 0 Å². The predicted octanol–water partition coefficient (Wildman–Crippen LogP) is 0.319. The number of rotatable bonds is 6. The van der Waals surface area contributed by atoms with Crippen molar-refractivity contribution in [2.24, 2.45) is 11.7 Å². The van der Waals surface area contributed by atoms with Gasteiger partial charge >= 0.3 is 0 Å². The van der Waals surface area contributed by atoms with Gasteiger partial charge in [-0.05, 0) is 31.8 Å². The van der Waals surface area contributed by atoms with Crippen LogP contribution in [0.25, 0.3) is 0 Å². The molecule has 1 rings (SSSR count). The van der Waals surface area contributed by atoms with Crippen molar-refractivity contribution in [2.45, 2.75) is 18.9 Å². The molecule has 1 atom stereocenters. The van der Waals surface area contributed by atoms with Crippen LogP contribution in [-0.2, 0) is 9.47 Å². The first kappa shape index (κ1) is 12.9. The molecule has 0 bridgehead atoms. The summed E-state index contributed by atoms with van der Waals surface area (Å²) in [5.41, 5.74) is 5.74. The van der Waals surface area contributed by atoms with Crippen LogP contribution in [0.15, 0.2) is 0 Å². The van der Waals surface area contributed by atoms with Crippen molar-refractivity contribution < 1.29 is 9.47 Å². The van der Waals surface area contributed by atoms with E-state index in [0.29, 0.717) is 12.6 Å². The summed E-state index contributed by atoms with van der Waals surface area (Å²) in [5, 5.41) is 0. The topological polar surface area (TPSA) is 47.7 Å².